The highest BCUT2D eigenvalue weighted by Crippen LogP contribution is 2.53. The van der Waals surface area contributed by atoms with E-state index >= 15 is 0 Å². The molecule has 4 atom stereocenters. The van der Waals surface area contributed by atoms with Crippen molar-refractivity contribution in [2.75, 3.05) is 6.61 Å². The lowest BCUT2D eigenvalue weighted by Crippen LogP contribution is -2.40. The highest BCUT2D eigenvalue weighted by Gasteiger charge is 2.47. The minimum absolute atomic E-state index is 0.190. The average molecular weight is 579 g/mol. The second-order valence-corrected chi connectivity index (χ2v) is 10.9. The van der Waals surface area contributed by atoms with Crippen molar-refractivity contribution in [1.29, 1.82) is 0 Å². The molecule has 3 aromatic carbocycles. The fraction of sp³-hybridized carbons (Fsp3) is 0.241. The Balaban J connectivity index is 1.42. The summed E-state index contributed by atoms with van der Waals surface area (Å²) in [4.78, 5) is 38.2. The number of rotatable bonds is 7. The summed E-state index contributed by atoms with van der Waals surface area (Å²) in [6.45, 7) is 1.26. The standard InChI is InChI=1S/C29H26FN2O8P/c1-18-16-32(28(34)31-27(18)33)26-15-24(40-41(30,35)36)25(39-26)17-37-29(19-9-3-2-4-10-19)20-11-5-7-13-22(20)38-23-14-8-6-12-21(23)29/h2-14,16,24-26H,15,17H2,1H3,(H,35,36)(H,31,33,34)/p-1/t24-,25+,26+/m0/s1. The number of hydrogen-bond acceptors (Lipinski definition) is 8. The lowest BCUT2D eigenvalue weighted by Gasteiger charge is -2.41. The third-order valence-electron chi connectivity index (χ3n) is 7.29. The van der Waals surface area contributed by atoms with E-state index in [0.717, 1.165) is 10.1 Å². The first-order valence-electron chi connectivity index (χ1n) is 12.9. The number of aryl methyl sites for hydroxylation is 1. The van der Waals surface area contributed by atoms with E-state index in [-0.39, 0.29) is 18.6 Å². The normalized spacial score (nSPS) is 22.3. The molecule has 6 rings (SSSR count). The number of fused-ring (bicyclic) bond motifs is 2. The van der Waals surface area contributed by atoms with Gasteiger partial charge in [-0.15, -0.1) is 0 Å². The SMILES string of the molecule is Cc1cn([C@H]2C[C@H](OP(=O)([O-])F)[C@@H](COC3(c4ccccc4)c4ccccc4Oc4ccccc43)O2)c(=O)[nH]c1=O. The lowest BCUT2D eigenvalue weighted by molar-refractivity contribution is -0.218. The molecule has 3 heterocycles. The van der Waals surface area contributed by atoms with Crippen LogP contribution in [-0.4, -0.2) is 28.4 Å². The molecule has 0 radical (unpaired) electrons. The number of para-hydroxylation sites is 2. The Bertz CT molecular complexity index is 1710. The zero-order valence-corrected chi connectivity index (χ0v) is 22.7. The van der Waals surface area contributed by atoms with Crippen molar-refractivity contribution in [3.63, 3.8) is 0 Å². The molecule has 1 aromatic heterocycles. The van der Waals surface area contributed by atoms with Crippen LogP contribution >= 0.6 is 7.91 Å². The Morgan fingerprint density at radius 2 is 1.63 bits per heavy atom. The maximum Gasteiger partial charge on any atom is 0.330 e. The van der Waals surface area contributed by atoms with Crippen molar-refractivity contribution < 1.29 is 32.4 Å². The molecule has 41 heavy (non-hydrogen) atoms. The molecular formula is C29H25FN2O8P-. The molecule has 0 amide bonds. The predicted octanol–water partition coefficient (Wildman–Crippen LogP) is 4.07. The van der Waals surface area contributed by atoms with Crippen molar-refractivity contribution >= 4 is 7.91 Å². The van der Waals surface area contributed by atoms with Crippen molar-refractivity contribution in [2.45, 2.75) is 37.4 Å². The van der Waals surface area contributed by atoms with Crippen LogP contribution in [0.2, 0.25) is 0 Å². The molecule has 1 saturated heterocycles. The summed E-state index contributed by atoms with van der Waals surface area (Å²) in [5.41, 5.74) is -0.141. The van der Waals surface area contributed by atoms with Gasteiger partial charge < -0.3 is 23.6 Å². The number of benzene rings is 3. The zero-order chi connectivity index (χ0) is 28.8. The summed E-state index contributed by atoms with van der Waals surface area (Å²) >= 11 is 0. The molecule has 4 aromatic rings. The number of halogens is 1. The highest BCUT2D eigenvalue weighted by molar-refractivity contribution is 7.45. The molecule has 212 valence electrons. The summed E-state index contributed by atoms with van der Waals surface area (Å²) in [5, 5.41) is 0. The van der Waals surface area contributed by atoms with Crippen molar-refractivity contribution in [3.05, 3.63) is 128 Å². The van der Waals surface area contributed by atoms with Gasteiger partial charge in [-0.3, -0.25) is 18.9 Å². The molecule has 0 spiro atoms. The zero-order valence-electron chi connectivity index (χ0n) is 21.8. The molecule has 1 fully saturated rings. The van der Waals surface area contributed by atoms with Gasteiger partial charge in [0, 0.05) is 29.3 Å². The minimum atomic E-state index is -5.69. The third-order valence-corrected chi connectivity index (χ3v) is 7.82. The molecular weight excluding hydrogens is 554 g/mol. The summed E-state index contributed by atoms with van der Waals surface area (Å²) in [6, 6.07) is 24.2. The van der Waals surface area contributed by atoms with E-state index in [0.29, 0.717) is 22.6 Å². The van der Waals surface area contributed by atoms with Crippen LogP contribution in [0.5, 0.6) is 11.5 Å². The van der Waals surface area contributed by atoms with E-state index in [1.807, 2.05) is 78.9 Å². The van der Waals surface area contributed by atoms with Gasteiger partial charge in [-0.05, 0) is 24.6 Å². The molecule has 1 N–H and O–H groups in total. The Kier molecular flexibility index (Phi) is 7.01. The number of ether oxygens (including phenoxy) is 3. The second-order valence-electron chi connectivity index (χ2n) is 9.87. The van der Waals surface area contributed by atoms with Gasteiger partial charge in [0.15, 0.2) is 5.60 Å². The van der Waals surface area contributed by atoms with Gasteiger partial charge in [0.25, 0.3) is 5.56 Å². The van der Waals surface area contributed by atoms with Crippen LogP contribution in [-0.2, 0) is 24.2 Å². The number of aromatic nitrogens is 2. The van der Waals surface area contributed by atoms with Gasteiger partial charge in [0.05, 0.1) is 12.7 Å². The lowest BCUT2D eigenvalue weighted by atomic mass is 9.77. The second kappa shape index (κ2) is 10.5. The van der Waals surface area contributed by atoms with Crippen LogP contribution in [0.25, 0.3) is 0 Å². The smallest absolute Gasteiger partial charge is 0.330 e. The van der Waals surface area contributed by atoms with Crippen LogP contribution < -0.4 is 20.9 Å². The van der Waals surface area contributed by atoms with Crippen LogP contribution in [0.15, 0.2) is 94.6 Å². The van der Waals surface area contributed by atoms with E-state index in [1.165, 1.54) is 13.1 Å². The quantitative estimate of drug-likeness (QED) is 0.324. The Morgan fingerprint density at radius 3 is 2.27 bits per heavy atom. The van der Waals surface area contributed by atoms with E-state index in [1.54, 1.807) is 0 Å². The maximum atomic E-state index is 13.8. The van der Waals surface area contributed by atoms with Gasteiger partial charge in [0.2, 0.25) is 0 Å². The van der Waals surface area contributed by atoms with Crippen LogP contribution in [0.1, 0.15) is 34.9 Å². The Hall–Kier alpha value is -3.86. The summed E-state index contributed by atoms with van der Waals surface area (Å²) in [7, 11) is -5.69. The number of hydrogen-bond donors (Lipinski definition) is 1. The first-order chi connectivity index (χ1) is 19.7. The molecule has 10 nitrogen and oxygen atoms in total. The first-order valence-corrected chi connectivity index (χ1v) is 14.3. The van der Waals surface area contributed by atoms with E-state index in [4.69, 9.17) is 18.7 Å². The summed E-state index contributed by atoms with van der Waals surface area (Å²) < 4.78 is 50.3. The molecule has 0 saturated carbocycles. The van der Waals surface area contributed by atoms with Crippen LogP contribution in [0, 0.1) is 6.92 Å². The van der Waals surface area contributed by atoms with Crippen molar-refractivity contribution in [2.24, 2.45) is 0 Å². The molecule has 12 heteroatoms. The first kappa shape index (κ1) is 27.3. The maximum absolute atomic E-state index is 13.8. The van der Waals surface area contributed by atoms with E-state index in [9.17, 15) is 23.2 Å². The molecule has 2 aliphatic rings. The number of H-pyrrole nitrogens is 1. The molecule has 2 aliphatic heterocycles. The average Bonchev–Trinajstić information content (AvgIpc) is 3.34. The van der Waals surface area contributed by atoms with Crippen LogP contribution in [0.3, 0.4) is 0 Å². The monoisotopic (exact) mass is 579 g/mol. The summed E-state index contributed by atoms with van der Waals surface area (Å²) in [5.74, 6) is 1.13. The van der Waals surface area contributed by atoms with E-state index in [2.05, 4.69) is 4.98 Å². The Labute approximate surface area is 233 Å². The summed E-state index contributed by atoms with van der Waals surface area (Å²) in [6.07, 6.45) is -2.37. The fourth-order valence-corrected chi connectivity index (χ4v) is 6.03. The highest BCUT2D eigenvalue weighted by atomic mass is 31.2. The Morgan fingerprint density at radius 1 is 1.02 bits per heavy atom. The number of nitrogens with zero attached hydrogens (tertiary/aromatic N) is 1. The number of nitrogens with one attached hydrogen (secondary N) is 1. The van der Waals surface area contributed by atoms with Gasteiger partial charge in [-0.25, -0.2) is 4.79 Å². The molecule has 0 bridgehead atoms. The van der Waals surface area contributed by atoms with Crippen molar-refractivity contribution in [3.8, 4) is 11.5 Å². The van der Waals surface area contributed by atoms with Gasteiger partial charge >= 0.3 is 13.6 Å². The fourth-order valence-electron chi connectivity index (χ4n) is 5.48. The van der Waals surface area contributed by atoms with E-state index < -0.39 is 43.2 Å². The predicted molar refractivity (Wildman–Crippen MR) is 143 cm³/mol. The molecule has 0 aliphatic carbocycles. The van der Waals surface area contributed by atoms with Gasteiger partial charge in [-0.2, -0.15) is 4.20 Å². The third kappa shape index (κ3) is 5.07. The molecule has 1 unspecified atom stereocenters. The largest absolute Gasteiger partial charge is 0.753 e. The number of aromatic amines is 1. The minimum Gasteiger partial charge on any atom is -0.753 e. The van der Waals surface area contributed by atoms with Gasteiger partial charge in [-0.1, -0.05) is 66.7 Å². The van der Waals surface area contributed by atoms with Crippen LogP contribution in [0.4, 0.5) is 4.20 Å². The topological polar surface area (TPSA) is 132 Å². The van der Waals surface area contributed by atoms with Gasteiger partial charge in [0.1, 0.15) is 23.8 Å². The van der Waals surface area contributed by atoms with Crippen molar-refractivity contribution in [1.82, 2.24) is 9.55 Å².